The van der Waals surface area contributed by atoms with Gasteiger partial charge in [-0.25, -0.2) is 0 Å². The van der Waals surface area contributed by atoms with Crippen molar-refractivity contribution in [2.24, 2.45) is 17.8 Å². The van der Waals surface area contributed by atoms with Crippen LogP contribution in [0.25, 0.3) is 0 Å². The topological polar surface area (TPSA) is 40.5 Å². The van der Waals surface area contributed by atoms with Crippen LogP contribution >= 0.6 is 0 Å². The third-order valence-corrected chi connectivity index (χ3v) is 5.23. The van der Waals surface area contributed by atoms with E-state index >= 15 is 0 Å². The summed E-state index contributed by atoms with van der Waals surface area (Å²) in [4.78, 5) is 14.6. The molecular weight excluding hydrogens is 226 g/mol. The average molecular weight is 251 g/mol. The van der Waals surface area contributed by atoms with Gasteiger partial charge in [0.15, 0.2) is 0 Å². The van der Waals surface area contributed by atoms with Crippen molar-refractivity contribution in [3.63, 3.8) is 0 Å². The van der Waals surface area contributed by atoms with Crippen LogP contribution in [0.3, 0.4) is 0 Å². The van der Waals surface area contributed by atoms with E-state index in [2.05, 4.69) is 0 Å². The first-order chi connectivity index (χ1) is 8.79. The summed E-state index contributed by atoms with van der Waals surface area (Å²) in [6.07, 6.45) is 9.71. The molecule has 2 unspecified atom stereocenters. The van der Waals surface area contributed by atoms with E-state index in [1.54, 1.807) is 0 Å². The van der Waals surface area contributed by atoms with Crippen LogP contribution < -0.4 is 0 Å². The van der Waals surface area contributed by atoms with Crippen LogP contribution in [-0.2, 0) is 4.79 Å². The number of amides is 1. The fourth-order valence-electron chi connectivity index (χ4n) is 4.12. The summed E-state index contributed by atoms with van der Waals surface area (Å²) in [6.45, 7) is 0.664. The quantitative estimate of drug-likeness (QED) is 0.832. The maximum absolute atomic E-state index is 12.6. The highest BCUT2D eigenvalue weighted by Gasteiger charge is 2.49. The lowest BCUT2D eigenvalue weighted by atomic mass is 9.92. The largest absolute Gasteiger partial charge is 0.395 e. The lowest BCUT2D eigenvalue weighted by Crippen LogP contribution is -2.45. The van der Waals surface area contributed by atoms with Crippen molar-refractivity contribution in [2.75, 3.05) is 13.2 Å². The first-order valence-corrected chi connectivity index (χ1v) is 7.71. The molecule has 3 saturated carbocycles. The molecule has 0 aromatic heterocycles. The number of nitrogens with zero attached hydrogens (tertiary/aromatic N) is 1. The summed E-state index contributed by atoms with van der Waals surface area (Å²) >= 11 is 0. The van der Waals surface area contributed by atoms with Gasteiger partial charge in [-0.3, -0.25) is 4.79 Å². The van der Waals surface area contributed by atoms with Crippen molar-refractivity contribution in [3.8, 4) is 0 Å². The summed E-state index contributed by atoms with van der Waals surface area (Å²) in [7, 11) is 0. The first-order valence-electron chi connectivity index (χ1n) is 7.71. The van der Waals surface area contributed by atoms with E-state index in [1.807, 2.05) is 4.90 Å². The molecule has 0 radical (unpaired) electrons. The fourth-order valence-corrected chi connectivity index (χ4v) is 4.12. The van der Waals surface area contributed by atoms with Crippen LogP contribution in [0, 0.1) is 17.8 Å². The molecule has 2 atom stereocenters. The van der Waals surface area contributed by atoms with Crippen molar-refractivity contribution in [1.29, 1.82) is 0 Å². The van der Waals surface area contributed by atoms with E-state index in [-0.39, 0.29) is 12.5 Å². The van der Waals surface area contributed by atoms with Crippen LogP contribution in [0.2, 0.25) is 0 Å². The Morgan fingerprint density at radius 3 is 2.33 bits per heavy atom. The molecule has 0 aliphatic heterocycles. The molecule has 1 amide bonds. The predicted octanol–water partition coefficient (Wildman–Crippen LogP) is 2.19. The Balaban J connectivity index is 1.62. The van der Waals surface area contributed by atoms with Gasteiger partial charge in [-0.2, -0.15) is 0 Å². The average Bonchev–Trinajstić information content (AvgIpc) is 3.03. The van der Waals surface area contributed by atoms with Crippen LogP contribution in [0.1, 0.15) is 51.4 Å². The van der Waals surface area contributed by atoms with E-state index in [9.17, 15) is 9.90 Å². The first kappa shape index (κ1) is 12.5. The van der Waals surface area contributed by atoms with Gasteiger partial charge in [0.1, 0.15) is 0 Å². The molecule has 3 aliphatic carbocycles. The second kappa shape index (κ2) is 5.20. The molecule has 0 heterocycles. The molecule has 3 rings (SSSR count). The molecule has 3 heteroatoms. The minimum absolute atomic E-state index is 0.113. The zero-order valence-corrected chi connectivity index (χ0v) is 11.2. The van der Waals surface area contributed by atoms with Crippen molar-refractivity contribution in [1.82, 2.24) is 4.90 Å². The number of aliphatic hydroxyl groups is 1. The van der Waals surface area contributed by atoms with E-state index in [4.69, 9.17) is 0 Å². The second-order valence-electron chi connectivity index (χ2n) is 6.47. The van der Waals surface area contributed by atoms with Crippen molar-refractivity contribution >= 4 is 5.91 Å². The second-order valence-corrected chi connectivity index (χ2v) is 6.47. The Kier molecular flexibility index (Phi) is 3.60. The Hall–Kier alpha value is -0.570. The molecule has 0 aromatic carbocycles. The SMILES string of the molecule is O=C(C1CC2CC2C1)N(CCO)C1CCCCC1. The molecule has 3 nitrogen and oxygen atoms in total. The fraction of sp³-hybridized carbons (Fsp3) is 0.933. The minimum atomic E-state index is 0.113. The van der Waals surface area contributed by atoms with Gasteiger partial charge >= 0.3 is 0 Å². The predicted molar refractivity (Wildman–Crippen MR) is 70.0 cm³/mol. The summed E-state index contributed by atoms with van der Waals surface area (Å²) in [5, 5.41) is 9.23. The molecule has 18 heavy (non-hydrogen) atoms. The van der Waals surface area contributed by atoms with Crippen LogP contribution in [-0.4, -0.2) is 35.1 Å². The van der Waals surface area contributed by atoms with Gasteiger partial charge in [-0.15, -0.1) is 0 Å². The monoisotopic (exact) mass is 251 g/mol. The molecular formula is C15H25NO2. The number of carbonyl (C=O) groups is 1. The van der Waals surface area contributed by atoms with Gasteiger partial charge in [-0.05, 0) is 43.9 Å². The Bertz CT molecular complexity index is 302. The molecule has 0 bridgehead atoms. The normalized spacial score (nSPS) is 35.3. The highest BCUT2D eigenvalue weighted by Crippen LogP contribution is 2.54. The van der Waals surface area contributed by atoms with Gasteiger partial charge in [0.05, 0.1) is 6.61 Å². The number of carbonyl (C=O) groups excluding carboxylic acids is 1. The zero-order valence-electron chi connectivity index (χ0n) is 11.2. The van der Waals surface area contributed by atoms with Crippen molar-refractivity contribution in [2.45, 2.75) is 57.4 Å². The summed E-state index contributed by atoms with van der Waals surface area (Å²) in [5.41, 5.74) is 0. The van der Waals surface area contributed by atoms with E-state index < -0.39 is 0 Å². The van der Waals surface area contributed by atoms with Crippen LogP contribution in [0.5, 0.6) is 0 Å². The van der Waals surface area contributed by atoms with Gasteiger partial charge in [0.25, 0.3) is 0 Å². The zero-order chi connectivity index (χ0) is 12.5. The number of rotatable bonds is 4. The molecule has 0 aromatic rings. The maximum atomic E-state index is 12.6. The summed E-state index contributed by atoms with van der Waals surface area (Å²) in [5.74, 6) is 2.35. The third-order valence-electron chi connectivity index (χ3n) is 5.23. The Morgan fingerprint density at radius 1 is 1.06 bits per heavy atom. The van der Waals surface area contributed by atoms with Gasteiger partial charge in [0, 0.05) is 18.5 Å². The summed E-state index contributed by atoms with van der Waals surface area (Å²) in [6, 6.07) is 0.412. The molecule has 0 saturated heterocycles. The molecule has 1 N–H and O–H groups in total. The highest BCUT2D eigenvalue weighted by atomic mass is 16.3. The Labute approximate surface area is 110 Å². The van der Waals surface area contributed by atoms with Crippen molar-refractivity contribution in [3.05, 3.63) is 0 Å². The molecule has 3 aliphatic rings. The number of aliphatic hydroxyl groups excluding tert-OH is 1. The standard InChI is InChI=1S/C15H25NO2/c17-7-6-16(14-4-2-1-3-5-14)15(18)13-9-11-8-12(11)10-13/h11-14,17H,1-10H2. The maximum Gasteiger partial charge on any atom is 0.226 e. The molecule has 3 fully saturated rings. The van der Waals surface area contributed by atoms with Gasteiger partial charge in [-0.1, -0.05) is 19.3 Å². The molecule has 102 valence electrons. The smallest absolute Gasteiger partial charge is 0.226 e. The van der Waals surface area contributed by atoms with Crippen LogP contribution in [0.4, 0.5) is 0 Å². The van der Waals surface area contributed by atoms with E-state index in [1.165, 1.54) is 25.7 Å². The van der Waals surface area contributed by atoms with Crippen molar-refractivity contribution < 1.29 is 9.90 Å². The Morgan fingerprint density at radius 2 is 1.72 bits per heavy atom. The highest BCUT2D eigenvalue weighted by molar-refractivity contribution is 5.79. The third kappa shape index (κ3) is 2.42. The van der Waals surface area contributed by atoms with Crippen LogP contribution in [0.15, 0.2) is 0 Å². The van der Waals surface area contributed by atoms with E-state index in [0.29, 0.717) is 18.5 Å². The number of hydrogen-bond donors (Lipinski definition) is 1. The van der Waals surface area contributed by atoms with E-state index in [0.717, 1.165) is 37.5 Å². The lowest BCUT2D eigenvalue weighted by molar-refractivity contribution is -0.139. The van der Waals surface area contributed by atoms with Gasteiger partial charge < -0.3 is 10.0 Å². The minimum Gasteiger partial charge on any atom is -0.395 e. The summed E-state index contributed by atoms with van der Waals surface area (Å²) < 4.78 is 0. The molecule has 0 spiro atoms. The van der Waals surface area contributed by atoms with Gasteiger partial charge in [0.2, 0.25) is 5.91 Å². The number of hydrogen-bond acceptors (Lipinski definition) is 2. The number of fused-ring (bicyclic) bond motifs is 1. The lowest BCUT2D eigenvalue weighted by Gasteiger charge is -2.36.